The number of pyridine rings is 1. The van der Waals surface area contributed by atoms with E-state index >= 15 is 0 Å². The number of hydrogen-bond acceptors (Lipinski definition) is 3. The lowest BCUT2D eigenvalue weighted by molar-refractivity contribution is -0.0328. The molecular weight excluding hydrogens is 259 g/mol. The lowest BCUT2D eigenvalue weighted by Crippen LogP contribution is -2.17. The van der Waals surface area contributed by atoms with Gasteiger partial charge in [-0.3, -0.25) is 4.79 Å². The van der Waals surface area contributed by atoms with Crippen LogP contribution in [0.2, 0.25) is 0 Å². The highest BCUT2D eigenvalue weighted by Crippen LogP contribution is 2.29. The number of rotatable bonds is 4. The number of carboxylic acids is 1. The van der Waals surface area contributed by atoms with Gasteiger partial charge >= 0.3 is 11.5 Å². The van der Waals surface area contributed by atoms with Gasteiger partial charge < -0.3 is 9.67 Å². The Morgan fingerprint density at radius 3 is 2.65 bits per heavy atom. The number of hydrogen-bond donors (Lipinski definition) is 1. The summed E-state index contributed by atoms with van der Waals surface area (Å²) < 4.78 is 36.8. The first-order chi connectivity index (χ1) is 7.79. The van der Waals surface area contributed by atoms with Crippen molar-refractivity contribution in [3.05, 3.63) is 34.2 Å². The number of aromatic nitrogens is 1. The van der Waals surface area contributed by atoms with E-state index in [-0.39, 0.29) is 24.1 Å². The van der Waals surface area contributed by atoms with Gasteiger partial charge in [0.15, 0.2) is 5.43 Å². The number of nitrogens with zero attached hydrogens (tertiary/aromatic N) is 1. The molecule has 0 aliphatic rings. The van der Waals surface area contributed by atoms with Crippen molar-refractivity contribution in [2.45, 2.75) is 12.1 Å². The molecule has 8 heteroatoms. The monoisotopic (exact) mass is 267 g/mol. The van der Waals surface area contributed by atoms with Crippen molar-refractivity contribution in [2.75, 3.05) is 5.75 Å². The van der Waals surface area contributed by atoms with Gasteiger partial charge in [-0.1, -0.05) is 0 Å². The molecule has 0 saturated carbocycles. The third-order valence-corrected chi connectivity index (χ3v) is 2.54. The fraction of sp³-hybridized carbons (Fsp3) is 0.333. The van der Waals surface area contributed by atoms with Gasteiger partial charge in [0.25, 0.3) is 0 Å². The molecule has 1 rings (SSSR count). The van der Waals surface area contributed by atoms with Crippen LogP contribution >= 0.6 is 11.8 Å². The normalized spacial score (nSPS) is 11.5. The molecule has 0 aromatic carbocycles. The maximum absolute atomic E-state index is 11.8. The van der Waals surface area contributed by atoms with E-state index in [1.54, 1.807) is 0 Å². The number of aryl methyl sites for hydroxylation is 1. The minimum Gasteiger partial charge on any atom is -0.477 e. The summed E-state index contributed by atoms with van der Waals surface area (Å²) in [4.78, 5) is 21.7. The van der Waals surface area contributed by atoms with Crippen LogP contribution in [-0.2, 0) is 6.54 Å². The Hall–Kier alpha value is -1.44. The highest BCUT2D eigenvalue weighted by Gasteiger charge is 2.27. The molecule has 0 amide bonds. The van der Waals surface area contributed by atoms with Crippen LogP contribution in [0.1, 0.15) is 10.4 Å². The Balaban J connectivity index is 2.70. The van der Waals surface area contributed by atoms with Gasteiger partial charge in [-0.2, -0.15) is 13.2 Å². The van der Waals surface area contributed by atoms with Crippen LogP contribution in [-0.4, -0.2) is 26.9 Å². The second-order valence-corrected chi connectivity index (χ2v) is 4.22. The number of carbonyl (C=O) groups is 1. The number of alkyl halides is 3. The molecule has 0 fully saturated rings. The molecule has 0 saturated heterocycles. The lowest BCUT2D eigenvalue weighted by atomic mass is 10.3. The van der Waals surface area contributed by atoms with Gasteiger partial charge in [-0.15, -0.1) is 0 Å². The predicted molar refractivity (Wildman–Crippen MR) is 56.2 cm³/mol. The summed E-state index contributed by atoms with van der Waals surface area (Å²) in [5.74, 6) is -1.64. The minimum atomic E-state index is -4.31. The van der Waals surface area contributed by atoms with E-state index < -0.39 is 22.5 Å². The molecule has 1 aromatic rings. The number of thioether (sulfide) groups is 1. The summed E-state index contributed by atoms with van der Waals surface area (Å²) >= 11 is -0.200. The van der Waals surface area contributed by atoms with Crippen molar-refractivity contribution >= 4 is 17.7 Å². The molecule has 0 atom stereocenters. The van der Waals surface area contributed by atoms with Crippen LogP contribution in [0, 0.1) is 0 Å². The van der Waals surface area contributed by atoms with E-state index in [1.807, 2.05) is 0 Å². The Morgan fingerprint density at radius 2 is 2.12 bits per heavy atom. The van der Waals surface area contributed by atoms with Crippen LogP contribution in [0.3, 0.4) is 0 Å². The van der Waals surface area contributed by atoms with Crippen molar-refractivity contribution in [2.24, 2.45) is 0 Å². The molecule has 0 unspecified atom stereocenters. The number of carboxylic acid groups (broad SMARTS) is 1. The topological polar surface area (TPSA) is 59.3 Å². The minimum absolute atomic E-state index is 0.0231. The Morgan fingerprint density at radius 1 is 1.47 bits per heavy atom. The first-order valence-corrected chi connectivity index (χ1v) is 5.42. The highest BCUT2D eigenvalue weighted by atomic mass is 32.2. The zero-order valence-corrected chi connectivity index (χ0v) is 9.22. The molecule has 1 aromatic heterocycles. The average molecular weight is 267 g/mol. The first-order valence-electron chi connectivity index (χ1n) is 4.43. The number of halogens is 3. The van der Waals surface area contributed by atoms with Crippen molar-refractivity contribution in [3.63, 3.8) is 0 Å². The molecule has 0 spiro atoms. The van der Waals surface area contributed by atoms with Crippen molar-refractivity contribution in [3.8, 4) is 0 Å². The van der Waals surface area contributed by atoms with Crippen LogP contribution in [0.4, 0.5) is 13.2 Å². The van der Waals surface area contributed by atoms with Gasteiger partial charge in [-0.05, 0) is 11.8 Å². The fourth-order valence-electron chi connectivity index (χ4n) is 1.09. The van der Waals surface area contributed by atoms with Crippen molar-refractivity contribution < 1.29 is 23.1 Å². The zero-order valence-electron chi connectivity index (χ0n) is 8.40. The standard InChI is InChI=1S/C9H8F3NO3S/c10-9(11,12)17-4-3-13-2-1-7(14)6(5-13)8(15)16/h1-2,5H,3-4H2,(H,15,16). The third-order valence-electron chi connectivity index (χ3n) is 1.82. The van der Waals surface area contributed by atoms with E-state index in [9.17, 15) is 22.8 Å². The van der Waals surface area contributed by atoms with Crippen LogP contribution in [0.5, 0.6) is 0 Å². The van der Waals surface area contributed by atoms with E-state index in [0.717, 1.165) is 12.3 Å². The maximum atomic E-state index is 11.8. The molecule has 0 bridgehead atoms. The van der Waals surface area contributed by atoms with E-state index in [2.05, 4.69) is 0 Å². The fourth-order valence-corrected chi connectivity index (χ4v) is 1.63. The summed E-state index contributed by atoms with van der Waals surface area (Å²) in [5, 5.41) is 8.65. The van der Waals surface area contributed by atoms with Gasteiger partial charge in [0.05, 0.1) is 0 Å². The second-order valence-electron chi connectivity index (χ2n) is 3.06. The van der Waals surface area contributed by atoms with E-state index in [0.29, 0.717) is 0 Å². The highest BCUT2D eigenvalue weighted by molar-refractivity contribution is 8.00. The molecule has 0 radical (unpaired) electrons. The van der Waals surface area contributed by atoms with Gasteiger partial charge in [0.2, 0.25) is 0 Å². The van der Waals surface area contributed by atoms with Crippen molar-refractivity contribution in [1.29, 1.82) is 0 Å². The Kier molecular flexibility index (Phi) is 4.22. The molecule has 94 valence electrons. The molecule has 1 N–H and O–H groups in total. The van der Waals surface area contributed by atoms with E-state index in [4.69, 9.17) is 5.11 Å². The number of aromatic carboxylic acids is 1. The first kappa shape index (κ1) is 13.6. The van der Waals surface area contributed by atoms with Gasteiger partial charge in [0, 0.05) is 30.8 Å². The smallest absolute Gasteiger partial charge is 0.441 e. The third kappa shape index (κ3) is 4.51. The zero-order chi connectivity index (χ0) is 13.1. The molecule has 17 heavy (non-hydrogen) atoms. The molecule has 4 nitrogen and oxygen atoms in total. The largest absolute Gasteiger partial charge is 0.477 e. The van der Waals surface area contributed by atoms with Crippen LogP contribution < -0.4 is 5.43 Å². The van der Waals surface area contributed by atoms with Crippen LogP contribution in [0.25, 0.3) is 0 Å². The second kappa shape index (κ2) is 5.26. The quantitative estimate of drug-likeness (QED) is 0.903. The van der Waals surface area contributed by atoms with Crippen molar-refractivity contribution in [1.82, 2.24) is 4.57 Å². The molecular formula is C9H8F3NO3S. The van der Waals surface area contributed by atoms with Gasteiger partial charge in [0.1, 0.15) is 5.56 Å². The SMILES string of the molecule is O=C(O)c1cn(CCSC(F)(F)F)ccc1=O. The Bertz CT molecular complexity index is 469. The maximum Gasteiger partial charge on any atom is 0.441 e. The molecule has 1 heterocycles. The predicted octanol–water partition coefficient (Wildman–Crippen LogP) is 1.80. The Labute approximate surface area is 98.1 Å². The summed E-state index contributed by atoms with van der Waals surface area (Å²) in [6.07, 6.45) is 2.29. The van der Waals surface area contributed by atoms with Gasteiger partial charge in [-0.25, -0.2) is 4.79 Å². The molecule has 0 aliphatic carbocycles. The average Bonchev–Trinajstić information content (AvgIpc) is 2.18. The van der Waals surface area contributed by atoms with E-state index in [1.165, 1.54) is 10.8 Å². The summed E-state index contributed by atoms with van der Waals surface area (Å²) in [5.41, 5.74) is -5.43. The molecule has 0 aliphatic heterocycles. The summed E-state index contributed by atoms with van der Waals surface area (Å²) in [6, 6.07) is 1.02. The summed E-state index contributed by atoms with van der Waals surface area (Å²) in [7, 11) is 0. The van der Waals surface area contributed by atoms with Crippen LogP contribution in [0.15, 0.2) is 23.3 Å². The lowest BCUT2D eigenvalue weighted by Gasteiger charge is -2.08. The summed E-state index contributed by atoms with van der Waals surface area (Å²) in [6.45, 7) is -0.0231.